The highest BCUT2D eigenvalue weighted by Crippen LogP contribution is 2.22. The van der Waals surface area contributed by atoms with E-state index in [-0.39, 0.29) is 24.4 Å². The zero-order valence-corrected chi connectivity index (χ0v) is 6.87. The van der Waals surface area contributed by atoms with E-state index >= 15 is 0 Å². The number of aliphatic hydroxyl groups is 1. The molecule has 1 heterocycles. The number of hydrogen-bond acceptors (Lipinski definition) is 3. The maximum atomic E-state index is 12.3. The predicted molar refractivity (Wildman–Crippen MR) is 43.0 cm³/mol. The van der Waals surface area contributed by atoms with E-state index in [1.165, 1.54) is 12.3 Å². The third-order valence-electron chi connectivity index (χ3n) is 1.77. The Hall–Kier alpha value is -1.07. The van der Waals surface area contributed by atoms with Crippen molar-refractivity contribution in [1.29, 1.82) is 0 Å². The Morgan fingerprint density at radius 2 is 2.23 bits per heavy atom. The lowest BCUT2D eigenvalue weighted by Gasteiger charge is -2.09. The Balaban J connectivity index is 3.19. The minimum atomic E-state index is -2.65. The first kappa shape index (κ1) is 10.0. The smallest absolute Gasteiger partial charge is 0.280 e. The lowest BCUT2D eigenvalue weighted by Crippen LogP contribution is -2.08. The Morgan fingerprint density at radius 3 is 2.69 bits per heavy atom. The highest BCUT2D eigenvalue weighted by Gasteiger charge is 2.15. The van der Waals surface area contributed by atoms with E-state index in [2.05, 4.69) is 4.98 Å². The fourth-order valence-electron chi connectivity index (χ4n) is 1.12. The van der Waals surface area contributed by atoms with Gasteiger partial charge in [0.05, 0.1) is 6.61 Å². The van der Waals surface area contributed by atoms with Crippen molar-refractivity contribution in [3.63, 3.8) is 0 Å². The van der Waals surface area contributed by atoms with E-state index in [1.807, 2.05) is 0 Å². The molecule has 0 amide bonds. The average Bonchev–Trinajstić information content (AvgIpc) is 2.16. The van der Waals surface area contributed by atoms with Crippen molar-refractivity contribution in [3.05, 3.63) is 29.1 Å². The van der Waals surface area contributed by atoms with Crippen LogP contribution in [0.5, 0.6) is 0 Å². The lowest BCUT2D eigenvalue weighted by molar-refractivity contribution is 0.144. The zero-order valence-electron chi connectivity index (χ0n) is 6.87. The largest absolute Gasteiger partial charge is 0.392 e. The standard InChI is InChI=1S/C8H10F2N2O/c9-8(10)7-6(3-11)5(4-13)1-2-12-7/h1-2,8,13H,3-4,11H2. The molecule has 0 aliphatic rings. The Kier molecular flexibility index (Phi) is 3.27. The van der Waals surface area contributed by atoms with Gasteiger partial charge in [-0.25, -0.2) is 8.78 Å². The second kappa shape index (κ2) is 4.25. The number of alkyl halides is 2. The molecule has 3 nitrogen and oxygen atoms in total. The molecular formula is C8H10F2N2O. The Labute approximate surface area is 74.2 Å². The van der Waals surface area contributed by atoms with E-state index in [0.717, 1.165) is 0 Å². The molecule has 0 aliphatic carbocycles. The maximum Gasteiger partial charge on any atom is 0.280 e. The second-order valence-electron chi connectivity index (χ2n) is 2.50. The van der Waals surface area contributed by atoms with Crippen molar-refractivity contribution < 1.29 is 13.9 Å². The van der Waals surface area contributed by atoms with Crippen molar-refractivity contribution >= 4 is 0 Å². The molecule has 72 valence electrons. The summed E-state index contributed by atoms with van der Waals surface area (Å²) in [6.07, 6.45) is -1.41. The van der Waals surface area contributed by atoms with Crippen molar-refractivity contribution in [2.75, 3.05) is 0 Å². The molecule has 0 bridgehead atoms. The van der Waals surface area contributed by atoms with Crippen LogP contribution in [0.4, 0.5) is 8.78 Å². The van der Waals surface area contributed by atoms with E-state index in [9.17, 15) is 8.78 Å². The number of rotatable bonds is 3. The number of nitrogens with two attached hydrogens (primary N) is 1. The van der Waals surface area contributed by atoms with Gasteiger partial charge in [-0.3, -0.25) is 4.98 Å². The summed E-state index contributed by atoms with van der Waals surface area (Å²) < 4.78 is 24.7. The monoisotopic (exact) mass is 188 g/mol. The lowest BCUT2D eigenvalue weighted by atomic mass is 10.1. The van der Waals surface area contributed by atoms with Crippen LogP contribution in [0.3, 0.4) is 0 Å². The summed E-state index contributed by atoms with van der Waals surface area (Å²) in [5.74, 6) is 0. The van der Waals surface area contributed by atoms with Crippen LogP contribution < -0.4 is 5.73 Å². The summed E-state index contributed by atoms with van der Waals surface area (Å²) in [6.45, 7) is -0.335. The van der Waals surface area contributed by atoms with E-state index in [0.29, 0.717) is 5.56 Å². The number of halogens is 2. The quantitative estimate of drug-likeness (QED) is 0.743. The molecule has 13 heavy (non-hydrogen) atoms. The van der Waals surface area contributed by atoms with Crippen LogP contribution in [0, 0.1) is 0 Å². The normalized spacial score (nSPS) is 10.8. The molecule has 0 spiro atoms. The molecule has 1 aromatic rings. The third-order valence-corrected chi connectivity index (χ3v) is 1.77. The number of aliphatic hydroxyl groups excluding tert-OH is 1. The summed E-state index contributed by atoms with van der Waals surface area (Å²) in [4.78, 5) is 3.52. The number of aromatic nitrogens is 1. The molecule has 3 N–H and O–H groups in total. The van der Waals surface area contributed by atoms with E-state index in [4.69, 9.17) is 10.8 Å². The zero-order chi connectivity index (χ0) is 9.84. The number of pyridine rings is 1. The summed E-state index contributed by atoms with van der Waals surface area (Å²) >= 11 is 0. The first-order valence-corrected chi connectivity index (χ1v) is 3.76. The van der Waals surface area contributed by atoms with Crippen molar-refractivity contribution in [2.24, 2.45) is 5.73 Å². The molecule has 1 aromatic heterocycles. The van der Waals surface area contributed by atoms with Gasteiger partial charge in [-0.1, -0.05) is 0 Å². The fraction of sp³-hybridized carbons (Fsp3) is 0.375. The number of nitrogens with zero attached hydrogens (tertiary/aromatic N) is 1. The highest BCUT2D eigenvalue weighted by molar-refractivity contribution is 5.30. The van der Waals surface area contributed by atoms with Crippen molar-refractivity contribution in [3.8, 4) is 0 Å². The van der Waals surface area contributed by atoms with Crippen LogP contribution >= 0.6 is 0 Å². The molecule has 0 radical (unpaired) electrons. The van der Waals surface area contributed by atoms with Crippen LogP contribution in [0.15, 0.2) is 12.3 Å². The van der Waals surface area contributed by atoms with Gasteiger partial charge < -0.3 is 10.8 Å². The van der Waals surface area contributed by atoms with Crippen LogP contribution in [-0.4, -0.2) is 10.1 Å². The van der Waals surface area contributed by atoms with E-state index in [1.54, 1.807) is 0 Å². The molecule has 0 saturated carbocycles. The summed E-state index contributed by atoms with van der Waals surface area (Å²) in [5.41, 5.74) is 5.59. The molecular weight excluding hydrogens is 178 g/mol. The Morgan fingerprint density at radius 1 is 1.54 bits per heavy atom. The van der Waals surface area contributed by atoms with Gasteiger partial charge in [-0.2, -0.15) is 0 Å². The third kappa shape index (κ3) is 1.99. The van der Waals surface area contributed by atoms with Gasteiger partial charge in [0.15, 0.2) is 0 Å². The molecule has 0 aromatic carbocycles. The van der Waals surface area contributed by atoms with Gasteiger partial charge in [-0.15, -0.1) is 0 Å². The number of hydrogen-bond donors (Lipinski definition) is 2. The molecule has 0 saturated heterocycles. The maximum absolute atomic E-state index is 12.3. The van der Waals surface area contributed by atoms with Gasteiger partial charge in [0.25, 0.3) is 6.43 Å². The Bertz CT molecular complexity index is 291. The SMILES string of the molecule is NCc1c(CO)ccnc1C(F)F. The van der Waals surface area contributed by atoms with Crippen LogP contribution in [0.2, 0.25) is 0 Å². The van der Waals surface area contributed by atoms with Crippen LogP contribution in [0.25, 0.3) is 0 Å². The van der Waals surface area contributed by atoms with Gasteiger partial charge in [0.2, 0.25) is 0 Å². The van der Waals surface area contributed by atoms with Crippen LogP contribution in [0.1, 0.15) is 23.2 Å². The van der Waals surface area contributed by atoms with Crippen LogP contribution in [-0.2, 0) is 13.2 Å². The van der Waals surface area contributed by atoms with Crippen molar-refractivity contribution in [1.82, 2.24) is 4.98 Å². The van der Waals surface area contributed by atoms with E-state index < -0.39 is 6.43 Å². The fourth-order valence-corrected chi connectivity index (χ4v) is 1.12. The summed E-state index contributed by atoms with van der Waals surface area (Å²) in [7, 11) is 0. The minimum absolute atomic E-state index is 0.0383. The molecule has 0 atom stereocenters. The summed E-state index contributed by atoms with van der Waals surface area (Å²) in [6, 6.07) is 1.48. The highest BCUT2D eigenvalue weighted by atomic mass is 19.3. The topological polar surface area (TPSA) is 59.1 Å². The van der Waals surface area contributed by atoms with Gasteiger partial charge in [0, 0.05) is 12.7 Å². The summed E-state index contributed by atoms with van der Waals surface area (Å²) in [5, 5.41) is 8.83. The first-order valence-electron chi connectivity index (χ1n) is 3.76. The molecule has 1 rings (SSSR count). The minimum Gasteiger partial charge on any atom is -0.392 e. The van der Waals surface area contributed by atoms with Gasteiger partial charge in [-0.05, 0) is 17.2 Å². The molecule has 0 aliphatic heterocycles. The predicted octanol–water partition coefficient (Wildman–Crippen LogP) is 0.970. The van der Waals surface area contributed by atoms with Gasteiger partial charge >= 0.3 is 0 Å². The van der Waals surface area contributed by atoms with Gasteiger partial charge in [0.1, 0.15) is 5.69 Å². The van der Waals surface area contributed by atoms with Crippen molar-refractivity contribution in [2.45, 2.75) is 19.6 Å². The average molecular weight is 188 g/mol. The molecule has 0 unspecified atom stereocenters. The molecule has 0 fully saturated rings. The second-order valence-corrected chi connectivity index (χ2v) is 2.50. The first-order chi connectivity index (χ1) is 6.20. The molecule has 5 heteroatoms.